The number of carbonyl (C=O) groups excluding carboxylic acids is 4. The van der Waals surface area contributed by atoms with Crippen molar-refractivity contribution >= 4 is 81.7 Å². The monoisotopic (exact) mass is 840 g/mol. The first-order chi connectivity index (χ1) is 27.2. The molecular weight excluding hydrogens is 810 g/mol. The summed E-state index contributed by atoms with van der Waals surface area (Å²) >= 11 is 25.3. The van der Waals surface area contributed by atoms with Gasteiger partial charge in [0.2, 0.25) is 0 Å². The van der Waals surface area contributed by atoms with Crippen molar-refractivity contribution in [1.82, 2.24) is 19.6 Å². The van der Waals surface area contributed by atoms with E-state index in [1.807, 2.05) is 0 Å². The van der Waals surface area contributed by atoms with E-state index < -0.39 is 46.8 Å². The van der Waals surface area contributed by atoms with E-state index in [-0.39, 0.29) is 51.2 Å². The molecule has 4 heterocycles. The number of likely N-dealkylation sites (N-methyl/N-ethyl adjacent to an activating group) is 2. The van der Waals surface area contributed by atoms with Crippen molar-refractivity contribution in [2.45, 2.75) is 22.9 Å². The van der Waals surface area contributed by atoms with Crippen molar-refractivity contribution < 1.29 is 19.2 Å². The standard InChI is InChI=1S/C41H32Cl4N8O4/c1-48-38(56)52(32-13-28(42)11-29(43)14-32)36(54)40(48)21-50(19-34(40)26-7-3-24(17-46)4-8-26)23-51-20-35(27-9-5-25(18-47)6-10-27)41(22-51)37(55)53(39(57)49(41)2)33-15-30(44)12-31(45)16-33/h3-16,34-35H,19-23H2,1-2H3/t34-,35?,40?,41?/m0/s1. The van der Waals surface area contributed by atoms with E-state index in [1.165, 1.54) is 46.2 Å². The SMILES string of the molecule is CN1C(=O)N(c2cc(Cl)cc(Cl)c2)C(=O)C12CN(CN1C[C@@H](c3ccc(C#N)cc3)C3(C1)C(=O)N(c1cc(Cl)cc(Cl)c1)C(=O)N3C)CC2c1ccc(C#N)cc1. The summed E-state index contributed by atoms with van der Waals surface area (Å²) in [6.45, 7) is 1.19. The molecule has 0 saturated carbocycles. The summed E-state index contributed by atoms with van der Waals surface area (Å²) in [5, 5.41) is 20.1. The molecule has 6 amide bonds. The van der Waals surface area contributed by atoms with Crippen LogP contribution in [0.15, 0.2) is 84.9 Å². The van der Waals surface area contributed by atoms with Crippen molar-refractivity contribution in [3.8, 4) is 12.1 Å². The van der Waals surface area contributed by atoms with Crippen LogP contribution in [0, 0.1) is 22.7 Å². The maximum absolute atomic E-state index is 14.8. The largest absolute Gasteiger partial charge is 0.332 e. The molecule has 288 valence electrons. The summed E-state index contributed by atoms with van der Waals surface area (Å²) in [4.78, 5) is 67.2. The first kappa shape index (κ1) is 38.7. The molecule has 57 heavy (non-hydrogen) atoms. The first-order valence-electron chi connectivity index (χ1n) is 17.8. The van der Waals surface area contributed by atoms with Gasteiger partial charge in [-0.3, -0.25) is 19.4 Å². The van der Waals surface area contributed by atoms with E-state index in [0.29, 0.717) is 24.2 Å². The smallest absolute Gasteiger partial charge is 0.310 e. The van der Waals surface area contributed by atoms with Crippen molar-refractivity contribution in [3.05, 3.63) is 127 Å². The van der Waals surface area contributed by atoms with Gasteiger partial charge < -0.3 is 9.80 Å². The van der Waals surface area contributed by atoms with Crippen molar-refractivity contribution in [2.24, 2.45) is 0 Å². The van der Waals surface area contributed by atoms with Crippen molar-refractivity contribution in [1.29, 1.82) is 10.5 Å². The Balaban J connectivity index is 1.17. The van der Waals surface area contributed by atoms with Crippen LogP contribution in [0.25, 0.3) is 0 Å². The van der Waals surface area contributed by atoms with Crippen LogP contribution in [0.3, 0.4) is 0 Å². The number of halogens is 4. The van der Waals surface area contributed by atoms with Gasteiger partial charge in [-0.25, -0.2) is 19.4 Å². The second-order valence-electron chi connectivity index (χ2n) is 14.8. The fraction of sp³-hybridized carbons (Fsp3) is 0.268. The number of imide groups is 2. The predicted octanol–water partition coefficient (Wildman–Crippen LogP) is 7.17. The summed E-state index contributed by atoms with van der Waals surface area (Å²) in [7, 11) is 3.21. The Morgan fingerprint density at radius 3 is 1.23 bits per heavy atom. The Labute approximate surface area is 348 Å². The van der Waals surface area contributed by atoms with Crippen LogP contribution in [-0.2, 0) is 9.59 Å². The molecular formula is C41H32Cl4N8O4. The fourth-order valence-electron chi connectivity index (χ4n) is 9.08. The van der Waals surface area contributed by atoms with E-state index in [1.54, 1.807) is 62.6 Å². The minimum Gasteiger partial charge on any atom is -0.310 e. The minimum atomic E-state index is -1.37. The molecule has 4 atom stereocenters. The van der Waals surface area contributed by atoms with Crippen molar-refractivity contribution in [3.63, 3.8) is 0 Å². The maximum Gasteiger partial charge on any atom is 0.332 e. The van der Waals surface area contributed by atoms with E-state index >= 15 is 0 Å². The average Bonchev–Trinajstić information content (AvgIpc) is 3.86. The predicted molar refractivity (Wildman–Crippen MR) is 215 cm³/mol. The molecule has 12 nitrogen and oxygen atoms in total. The van der Waals surface area contributed by atoms with E-state index in [9.17, 15) is 29.7 Å². The Hall–Kier alpha value is -5.18. The number of amides is 6. The van der Waals surface area contributed by atoms with Gasteiger partial charge in [0.25, 0.3) is 11.8 Å². The summed E-state index contributed by atoms with van der Waals surface area (Å²) in [5.74, 6) is -1.97. The van der Waals surface area contributed by atoms with E-state index in [4.69, 9.17) is 46.4 Å². The van der Waals surface area contributed by atoms with Crippen LogP contribution in [-0.4, -0.2) is 101 Å². The molecule has 16 heteroatoms. The Morgan fingerprint density at radius 1 is 0.579 bits per heavy atom. The molecule has 0 N–H and O–H groups in total. The van der Waals surface area contributed by atoms with Crippen LogP contribution in [0.2, 0.25) is 20.1 Å². The van der Waals surface area contributed by atoms with Crippen molar-refractivity contribution in [2.75, 3.05) is 56.7 Å². The highest BCUT2D eigenvalue weighted by molar-refractivity contribution is 6.36. The summed E-state index contributed by atoms with van der Waals surface area (Å²) in [6, 6.07) is 26.3. The molecule has 4 aliphatic rings. The molecule has 4 fully saturated rings. The second-order valence-corrected chi connectivity index (χ2v) is 16.6. The highest BCUT2D eigenvalue weighted by Crippen LogP contribution is 2.49. The van der Waals surface area contributed by atoms with E-state index in [2.05, 4.69) is 21.9 Å². The molecule has 3 unspecified atom stereocenters. The van der Waals surface area contributed by atoms with Crippen LogP contribution < -0.4 is 9.80 Å². The number of hydrogen-bond acceptors (Lipinski definition) is 8. The number of carbonyl (C=O) groups is 4. The minimum absolute atomic E-state index is 0.129. The van der Waals surface area contributed by atoms with Crippen LogP contribution in [0.4, 0.5) is 21.0 Å². The van der Waals surface area contributed by atoms with Crippen LogP contribution in [0.5, 0.6) is 0 Å². The Morgan fingerprint density at radius 2 is 0.912 bits per heavy atom. The van der Waals surface area contributed by atoms with Gasteiger partial charge in [-0.2, -0.15) is 10.5 Å². The molecule has 4 aliphatic heterocycles. The number of anilines is 2. The molecule has 2 spiro atoms. The van der Waals surface area contributed by atoms with Gasteiger partial charge in [0, 0.05) is 72.2 Å². The van der Waals surface area contributed by atoms with Gasteiger partial charge in [0.15, 0.2) is 0 Å². The molecule has 0 bridgehead atoms. The topological polar surface area (TPSA) is 135 Å². The van der Waals surface area contributed by atoms with Gasteiger partial charge in [-0.05, 0) is 71.8 Å². The Kier molecular flexibility index (Phi) is 9.73. The van der Waals surface area contributed by atoms with Gasteiger partial charge in [0.1, 0.15) is 11.1 Å². The third kappa shape index (κ3) is 6.11. The zero-order chi connectivity index (χ0) is 40.6. The van der Waals surface area contributed by atoms with Gasteiger partial charge in [0.05, 0.1) is 41.3 Å². The number of urea groups is 2. The summed E-state index contributed by atoms with van der Waals surface area (Å²) in [5.41, 5.74) is 0.161. The number of nitrogens with zero attached hydrogens (tertiary/aromatic N) is 8. The summed E-state index contributed by atoms with van der Waals surface area (Å²) < 4.78 is 0. The van der Waals surface area contributed by atoms with Crippen LogP contribution >= 0.6 is 46.4 Å². The van der Waals surface area contributed by atoms with Crippen LogP contribution in [0.1, 0.15) is 34.1 Å². The molecule has 0 aromatic heterocycles. The lowest BCUT2D eigenvalue weighted by Gasteiger charge is -2.34. The lowest BCUT2D eigenvalue weighted by Crippen LogP contribution is -2.55. The maximum atomic E-state index is 14.8. The molecule has 8 rings (SSSR count). The van der Waals surface area contributed by atoms with Gasteiger partial charge in [-0.15, -0.1) is 0 Å². The number of likely N-dealkylation sites (tertiary alicyclic amines) is 2. The van der Waals surface area contributed by atoms with Gasteiger partial charge in [-0.1, -0.05) is 70.7 Å². The zero-order valence-corrected chi connectivity index (χ0v) is 33.5. The molecule has 0 aliphatic carbocycles. The number of hydrogen-bond donors (Lipinski definition) is 0. The second kappa shape index (κ2) is 14.3. The molecule has 0 radical (unpaired) electrons. The number of rotatable bonds is 6. The first-order valence-corrected chi connectivity index (χ1v) is 19.3. The zero-order valence-electron chi connectivity index (χ0n) is 30.5. The highest BCUT2D eigenvalue weighted by Gasteiger charge is 2.67. The molecule has 4 aromatic carbocycles. The van der Waals surface area contributed by atoms with E-state index in [0.717, 1.165) is 20.9 Å². The van der Waals surface area contributed by atoms with Gasteiger partial charge >= 0.3 is 12.1 Å². The third-order valence-corrected chi connectivity index (χ3v) is 12.6. The lowest BCUT2D eigenvalue weighted by molar-refractivity contribution is -0.125. The Bertz CT molecular complexity index is 2240. The third-order valence-electron chi connectivity index (χ3n) is 11.8. The fourth-order valence-corrected chi connectivity index (χ4v) is 10.1. The summed E-state index contributed by atoms with van der Waals surface area (Å²) in [6.07, 6.45) is 0. The molecule has 4 saturated heterocycles. The number of benzene rings is 4. The molecule has 4 aromatic rings. The highest BCUT2D eigenvalue weighted by atomic mass is 35.5. The quantitative estimate of drug-likeness (QED) is 0.187. The normalized spacial score (nSPS) is 25.1. The lowest BCUT2D eigenvalue weighted by atomic mass is 9.80. The number of nitriles is 2. The average molecular weight is 843 g/mol.